The number of aromatic amines is 1. The molecule has 6 N–H and O–H groups in total. The molecule has 23 heavy (non-hydrogen) atoms. The molecule has 0 aliphatic carbocycles. The number of hydrogen-bond acceptors (Lipinski definition) is 7. The number of anilines is 1. The van der Waals surface area contributed by atoms with Crippen LogP contribution in [0, 0.1) is 0 Å². The smallest absolute Gasteiger partial charge is 0.325 e. The minimum Gasteiger partial charge on any atom is -0.391 e. The van der Waals surface area contributed by atoms with Gasteiger partial charge >= 0.3 is 7.60 Å². The van der Waals surface area contributed by atoms with E-state index in [4.69, 9.17) is 20.3 Å². The summed E-state index contributed by atoms with van der Waals surface area (Å²) in [5.41, 5.74) is 5.29. The Hall–Kier alpha value is -1.78. The Morgan fingerprint density at radius 3 is 2.83 bits per heavy atom. The van der Waals surface area contributed by atoms with Crippen LogP contribution in [0.4, 0.5) is 5.95 Å². The van der Waals surface area contributed by atoms with E-state index in [0.717, 1.165) is 0 Å². The van der Waals surface area contributed by atoms with Gasteiger partial charge in [0, 0.05) is 0 Å². The Labute approximate surface area is 130 Å². The fraction of sp³-hybridized carbons (Fsp3) is 0.545. The van der Waals surface area contributed by atoms with E-state index in [1.54, 1.807) is 0 Å². The van der Waals surface area contributed by atoms with E-state index in [1.165, 1.54) is 17.8 Å². The molecule has 0 fully saturated rings. The molecule has 0 amide bonds. The van der Waals surface area contributed by atoms with Crippen molar-refractivity contribution < 1.29 is 24.2 Å². The van der Waals surface area contributed by atoms with Gasteiger partial charge in [-0.1, -0.05) is 0 Å². The van der Waals surface area contributed by atoms with Gasteiger partial charge in [-0.2, -0.15) is 4.98 Å². The number of H-pyrrole nitrogens is 1. The minimum atomic E-state index is -4.18. The lowest BCUT2D eigenvalue weighted by atomic mass is 10.2. The van der Waals surface area contributed by atoms with E-state index in [2.05, 4.69) is 15.0 Å². The van der Waals surface area contributed by atoms with Gasteiger partial charge in [0.1, 0.15) is 6.73 Å². The normalized spacial score (nSPS) is 15.0. The van der Waals surface area contributed by atoms with Crippen molar-refractivity contribution in [3.8, 4) is 0 Å². The van der Waals surface area contributed by atoms with E-state index in [9.17, 15) is 14.5 Å². The largest absolute Gasteiger partial charge is 0.391 e. The number of aromatic nitrogens is 4. The van der Waals surface area contributed by atoms with Gasteiger partial charge in [-0.05, 0) is 13.3 Å². The van der Waals surface area contributed by atoms with E-state index in [1.807, 2.05) is 0 Å². The SMILES string of the molecule is C[C@H](O)[C@@H](CCP(=O)(O)O)OCn1cnc2c(=O)[nH]c(N)nc21. The predicted octanol–water partition coefficient (Wildman–Crippen LogP) is -1.01. The third kappa shape index (κ3) is 4.60. The van der Waals surface area contributed by atoms with Gasteiger partial charge in [-0.25, -0.2) is 4.98 Å². The summed E-state index contributed by atoms with van der Waals surface area (Å²) < 4.78 is 17.8. The molecule has 2 rings (SSSR count). The summed E-state index contributed by atoms with van der Waals surface area (Å²) in [7, 11) is -4.18. The fourth-order valence-corrected chi connectivity index (χ4v) is 2.59. The Balaban J connectivity index is 2.12. The third-order valence-electron chi connectivity index (χ3n) is 3.16. The Morgan fingerprint density at radius 2 is 2.22 bits per heavy atom. The quantitative estimate of drug-likeness (QED) is 0.393. The number of hydrogen-bond donors (Lipinski definition) is 5. The molecule has 0 bridgehead atoms. The van der Waals surface area contributed by atoms with Gasteiger partial charge in [0.25, 0.3) is 5.56 Å². The van der Waals surface area contributed by atoms with E-state index < -0.39 is 31.5 Å². The fourth-order valence-electron chi connectivity index (χ4n) is 2.00. The number of ether oxygens (including phenoxy) is 1. The number of nitrogen functional groups attached to an aromatic ring is 1. The molecule has 0 spiro atoms. The van der Waals surface area contributed by atoms with Crippen LogP contribution in [0.15, 0.2) is 11.1 Å². The molecule has 2 aromatic heterocycles. The van der Waals surface area contributed by atoms with E-state index in [-0.39, 0.29) is 30.3 Å². The van der Waals surface area contributed by atoms with Crippen molar-refractivity contribution in [2.45, 2.75) is 32.3 Å². The maximum atomic E-state index is 11.7. The van der Waals surface area contributed by atoms with Crippen molar-refractivity contribution in [2.24, 2.45) is 0 Å². The first-order valence-corrected chi connectivity index (χ1v) is 8.52. The number of nitrogens with zero attached hydrogens (tertiary/aromatic N) is 3. The Kier molecular flexibility index (Phi) is 5.17. The number of nitrogens with two attached hydrogens (primary N) is 1. The first kappa shape index (κ1) is 17.6. The zero-order valence-corrected chi connectivity index (χ0v) is 13.2. The molecule has 128 valence electrons. The summed E-state index contributed by atoms with van der Waals surface area (Å²) in [5.74, 6) is -0.0715. The molecule has 0 aromatic carbocycles. The van der Waals surface area contributed by atoms with Crippen molar-refractivity contribution in [3.05, 3.63) is 16.7 Å². The van der Waals surface area contributed by atoms with Crippen LogP contribution in [0.2, 0.25) is 0 Å². The molecule has 12 heteroatoms. The standard InChI is InChI=1S/C11H18N5O6P/c1-6(17)7(2-3-23(19,20)21)22-5-16-4-13-8-9(16)14-11(12)15-10(8)18/h4,6-7,17H,2-3,5H2,1H3,(H2,19,20,21)(H3,12,14,15,18)/t6-,7+/m0/s1. The predicted molar refractivity (Wildman–Crippen MR) is 80.6 cm³/mol. The lowest BCUT2D eigenvalue weighted by molar-refractivity contribution is -0.0587. The number of aliphatic hydroxyl groups is 1. The molecule has 11 nitrogen and oxygen atoms in total. The number of rotatable bonds is 7. The van der Waals surface area contributed by atoms with E-state index >= 15 is 0 Å². The van der Waals surface area contributed by atoms with Crippen molar-refractivity contribution in [1.82, 2.24) is 19.5 Å². The van der Waals surface area contributed by atoms with Crippen LogP contribution in [-0.4, -0.2) is 52.8 Å². The lowest BCUT2D eigenvalue weighted by Crippen LogP contribution is -2.28. The van der Waals surface area contributed by atoms with Crippen molar-refractivity contribution in [3.63, 3.8) is 0 Å². The molecule has 0 unspecified atom stereocenters. The van der Waals surface area contributed by atoms with Gasteiger partial charge in [0.15, 0.2) is 11.2 Å². The first-order chi connectivity index (χ1) is 10.7. The van der Waals surface area contributed by atoms with Crippen molar-refractivity contribution in [1.29, 1.82) is 0 Å². The summed E-state index contributed by atoms with van der Waals surface area (Å²) in [6, 6.07) is 0. The second-order valence-corrected chi connectivity index (χ2v) is 6.87. The van der Waals surface area contributed by atoms with Crippen LogP contribution < -0.4 is 11.3 Å². The highest BCUT2D eigenvalue weighted by Crippen LogP contribution is 2.35. The maximum Gasteiger partial charge on any atom is 0.325 e. The average molecular weight is 347 g/mol. The highest BCUT2D eigenvalue weighted by Gasteiger charge is 2.22. The van der Waals surface area contributed by atoms with Gasteiger partial charge in [-0.3, -0.25) is 18.9 Å². The average Bonchev–Trinajstić information content (AvgIpc) is 2.80. The Morgan fingerprint density at radius 1 is 1.52 bits per heavy atom. The molecule has 0 saturated carbocycles. The van der Waals surface area contributed by atoms with E-state index in [0.29, 0.717) is 0 Å². The second kappa shape index (κ2) is 6.77. The third-order valence-corrected chi connectivity index (χ3v) is 4.00. The van der Waals surface area contributed by atoms with Crippen LogP contribution in [-0.2, 0) is 16.0 Å². The monoisotopic (exact) mass is 347 g/mol. The van der Waals surface area contributed by atoms with Gasteiger partial charge < -0.3 is 25.4 Å². The second-order valence-electron chi connectivity index (χ2n) is 5.09. The maximum absolute atomic E-state index is 11.7. The summed E-state index contributed by atoms with van der Waals surface area (Å²) in [4.78, 5) is 39.6. The highest BCUT2D eigenvalue weighted by atomic mass is 31.2. The minimum absolute atomic E-state index is 0.0231. The summed E-state index contributed by atoms with van der Waals surface area (Å²) in [5, 5.41) is 9.65. The van der Waals surface area contributed by atoms with Gasteiger partial charge in [0.05, 0.1) is 24.7 Å². The summed E-state index contributed by atoms with van der Waals surface area (Å²) in [6.45, 7) is 1.35. The topological polar surface area (TPSA) is 177 Å². The zero-order valence-electron chi connectivity index (χ0n) is 12.3. The summed E-state index contributed by atoms with van der Waals surface area (Å²) >= 11 is 0. The van der Waals surface area contributed by atoms with Gasteiger partial charge in [-0.15, -0.1) is 0 Å². The van der Waals surface area contributed by atoms with Crippen molar-refractivity contribution >= 4 is 24.7 Å². The number of imidazole rings is 1. The zero-order chi connectivity index (χ0) is 17.2. The molecule has 2 atom stereocenters. The molecule has 2 aromatic rings. The molecule has 0 radical (unpaired) electrons. The molecule has 0 aliphatic rings. The van der Waals surface area contributed by atoms with Crippen LogP contribution in [0.1, 0.15) is 13.3 Å². The molecular weight excluding hydrogens is 329 g/mol. The molecule has 2 heterocycles. The first-order valence-electron chi connectivity index (χ1n) is 6.72. The van der Waals surface area contributed by atoms with Crippen LogP contribution >= 0.6 is 7.60 Å². The molecular formula is C11H18N5O6P. The van der Waals surface area contributed by atoms with Crippen LogP contribution in [0.25, 0.3) is 11.2 Å². The number of aliphatic hydroxyl groups excluding tert-OH is 1. The van der Waals surface area contributed by atoms with Crippen LogP contribution in [0.5, 0.6) is 0 Å². The molecule has 0 aliphatic heterocycles. The number of nitrogens with one attached hydrogen (secondary N) is 1. The summed E-state index contributed by atoms with van der Waals surface area (Å²) in [6.07, 6.45) is -0.825. The Bertz CT molecular complexity index is 781. The highest BCUT2D eigenvalue weighted by molar-refractivity contribution is 7.51. The van der Waals surface area contributed by atoms with Gasteiger partial charge in [0.2, 0.25) is 5.95 Å². The number of fused-ring (bicyclic) bond motifs is 1. The van der Waals surface area contributed by atoms with Crippen molar-refractivity contribution in [2.75, 3.05) is 11.9 Å². The van der Waals surface area contributed by atoms with Crippen LogP contribution in [0.3, 0.4) is 0 Å². The molecule has 0 saturated heterocycles. The lowest BCUT2D eigenvalue weighted by Gasteiger charge is -2.21.